The minimum Gasteiger partial charge on any atom is -0.481 e. The largest absolute Gasteiger partial charge is 0.481 e. The van der Waals surface area contributed by atoms with E-state index in [-0.39, 0.29) is 0 Å². The van der Waals surface area contributed by atoms with Crippen LogP contribution in [-0.4, -0.2) is 31.7 Å². The molecule has 0 aliphatic rings. The fourth-order valence-electron chi connectivity index (χ4n) is 2.29. The van der Waals surface area contributed by atoms with Gasteiger partial charge in [-0.15, -0.1) is 10.2 Å². The van der Waals surface area contributed by atoms with Crippen LogP contribution in [0.1, 0.15) is 44.4 Å². The number of aliphatic carboxylic acids is 1. The molecule has 2 rings (SSSR count). The molecule has 0 fully saturated rings. The molecule has 0 atom stereocenters. The maximum atomic E-state index is 11.8. The van der Waals surface area contributed by atoms with Crippen LogP contribution in [0.25, 0.3) is 0 Å². The lowest BCUT2D eigenvalue weighted by Gasteiger charge is -2.27. The first-order valence-corrected chi connectivity index (χ1v) is 7.56. The number of amides is 1. The van der Waals surface area contributed by atoms with Crippen molar-refractivity contribution < 1.29 is 14.7 Å². The molecule has 0 saturated carbocycles. The van der Waals surface area contributed by atoms with Gasteiger partial charge in [0, 0.05) is 0 Å². The highest BCUT2D eigenvalue weighted by Gasteiger charge is 2.33. The van der Waals surface area contributed by atoms with E-state index in [0.717, 1.165) is 5.56 Å². The van der Waals surface area contributed by atoms with Crippen LogP contribution in [-0.2, 0) is 27.0 Å². The van der Waals surface area contributed by atoms with Crippen molar-refractivity contribution in [2.24, 2.45) is 5.73 Å². The number of nitrogens with zero attached hydrogens (tertiary/aromatic N) is 3. The van der Waals surface area contributed by atoms with Crippen LogP contribution in [0.3, 0.4) is 0 Å². The van der Waals surface area contributed by atoms with Crippen molar-refractivity contribution in [2.75, 3.05) is 0 Å². The zero-order chi connectivity index (χ0) is 18.1. The second-order valence-corrected chi connectivity index (χ2v) is 6.97. The summed E-state index contributed by atoms with van der Waals surface area (Å²) in [6.45, 7) is 7.19. The fourth-order valence-corrected chi connectivity index (χ4v) is 2.29. The number of carbonyl (C=O) groups excluding carboxylic acids is 1. The number of hydrogen-bond acceptors (Lipinski definition) is 4. The molecule has 1 aromatic carbocycles. The molecule has 7 heteroatoms. The third kappa shape index (κ3) is 3.29. The molecule has 7 nitrogen and oxygen atoms in total. The molecule has 0 radical (unpaired) electrons. The van der Waals surface area contributed by atoms with Crippen LogP contribution in [0.2, 0.25) is 0 Å². The van der Waals surface area contributed by atoms with Gasteiger partial charge in [0.25, 0.3) is 0 Å². The molecule has 0 saturated heterocycles. The predicted octanol–water partition coefficient (Wildman–Crippen LogP) is 1.45. The molecule has 0 aliphatic heterocycles. The Balaban J connectivity index is 2.59. The van der Waals surface area contributed by atoms with E-state index >= 15 is 0 Å². The molecule has 128 valence electrons. The topological polar surface area (TPSA) is 111 Å². The quantitative estimate of drug-likeness (QED) is 0.833. The highest BCUT2D eigenvalue weighted by Crippen LogP contribution is 2.31. The molecule has 0 bridgehead atoms. The SMILES string of the molecule is CC(C)(C(N)=O)c1cc(Cn2cnnc2)cc(C(C)(C)C(=O)O)c1. The summed E-state index contributed by atoms with van der Waals surface area (Å²) in [6.07, 6.45) is 3.15. The molecule has 3 N–H and O–H groups in total. The summed E-state index contributed by atoms with van der Waals surface area (Å²) in [5.41, 5.74) is 5.68. The van der Waals surface area contributed by atoms with Gasteiger partial charge in [0.05, 0.1) is 17.4 Å². The molecular formula is C17H22N4O3. The molecule has 0 aliphatic carbocycles. The Morgan fingerprint density at radius 2 is 1.54 bits per heavy atom. The van der Waals surface area contributed by atoms with Gasteiger partial charge in [-0.05, 0) is 44.4 Å². The number of primary amides is 1. The highest BCUT2D eigenvalue weighted by atomic mass is 16.4. The monoisotopic (exact) mass is 330 g/mol. The lowest BCUT2D eigenvalue weighted by Crippen LogP contribution is -2.36. The van der Waals surface area contributed by atoms with Gasteiger partial charge >= 0.3 is 5.97 Å². The zero-order valence-corrected chi connectivity index (χ0v) is 14.3. The Labute approximate surface area is 140 Å². The third-order valence-electron chi connectivity index (χ3n) is 4.42. The smallest absolute Gasteiger partial charge is 0.313 e. The Kier molecular flexibility index (Phi) is 4.46. The van der Waals surface area contributed by atoms with E-state index in [2.05, 4.69) is 10.2 Å². The average Bonchev–Trinajstić information content (AvgIpc) is 2.99. The van der Waals surface area contributed by atoms with E-state index in [1.165, 1.54) is 0 Å². The Hall–Kier alpha value is -2.70. The second kappa shape index (κ2) is 6.07. The van der Waals surface area contributed by atoms with Gasteiger partial charge in [-0.1, -0.05) is 18.2 Å². The van der Waals surface area contributed by atoms with E-state index in [9.17, 15) is 14.7 Å². The Morgan fingerprint density at radius 1 is 1.04 bits per heavy atom. The van der Waals surface area contributed by atoms with E-state index in [1.807, 2.05) is 12.1 Å². The van der Waals surface area contributed by atoms with Crippen LogP contribution in [0.4, 0.5) is 0 Å². The van der Waals surface area contributed by atoms with Crippen LogP contribution >= 0.6 is 0 Å². The fraction of sp³-hybridized carbons (Fsp3) is 0.412. The first-order valence-electron chi connectivity index (χ1n) is 7.56. The predicted molar refractivity (Wildman–Crippen MR) is 88.4 cm³/mol. The van der Waals surface area contributed by atoms with Crippen LogP contribution in [0.15, 0.2) is 30.9 Å². The summed E-state index contributed by atoms with van der Waals surface area (Å²) in [6, 6.07) is 5.44. The Morgan fingerprint density at radius 3 is 2.00 bits per heavy atom. The highest BCUT2D eigenvalue weighted by molar-refractivity contribution is 5.86. The average molecular weight is 330 g/mol. The number of benzene rings is 1. The second-order valence-electron chi connectivity index (χ2n) is 6.97. The summed E-state index contributed by atoms with van der Waals surface area (Å²) in [5, 5.41) is 17.1. The van der Waals surface area contributed by atoms with Crippen molar-refractivity contribution in [3.63, 3.8) is 0 Å². The van der Waals surface area contributed by atoms with Gasteiger partial charge in [0.1, 0.15) is 12.7 Å². The van der Waals surface area contributed by atoms with Crippen molar-refractivity contribution >= 4 is 11.9 Å². The minimum absolute atomic E-state index is 0.469. The molecule has 1 aromatic heterocycles. The van der Waals surface area contributed by atoms with Crippen LogP contribution < -0.4 is 5.73 Å². The van der Waals surface area contributed by atoms with Crippen molar-refractivity contribution in [1.29, 1.82) is 0 Å². The van der Waals surface area contributed by atoms with Gasteiger partial charge in [-0.25, -0.2) is 0 Å². The summed E-state index contributed by atoms with van der Waals surface area (Å²) in [7, 11) is 0. The summed E-state index contributed by atoms with van der Waals surface area (Å²) in [4.78, 5) is 23.5. The lowest BCUT2D eigenvalue weighted by molar-refractivity contribution is -0.142. The van der Waals surface area contributed by atoms with Gasteiger partial charge in [0.15, 0.2) is 0 Å². The number of carboxylic acid groups (broad SMARTS) is 1. The van der Waals surface area contributed by atoms with Gasteiger partial charge in [-0.2, -0.15) is 0 Å². The maximum Gasteiger partial charge on any atom is 0.313 e. The standard InChI is InChI=1S/C17H22N4O3/c1-16(2,14(18)22)12-5-11(8-21-9-19-20-10-21)6-13(7-12)17(3,4)15(23)24/h5-7,9-10H,8H2,1-4H3,(H2,18,22)(H,23,24). The zero-order valence-electron chi connectivity index (χ0n) is 14.3. The number of carboxylic acids is 1. The van der Waals surface area contributed by atoms with Gasteiger partial charge in [-0.3, -0.25) is 9.59 Å². The number of nitrogens with two attached hydrogens (primary N) is 1. The molecule has 1 heterocycles. The molecule has 24 heavy (non-hydrogen) atoms. The number of rotatable bonds is 6. The van der Waals surface area contributed by atoms with Crippen LogP contribution in [0.5, 0.6) is 0 Å². The first-order chi connectivity index (χ1) is 11.0. The number of carbonyl (C=O) groups is 2. The summed E-state index contributed by atoms with van der Waals surface area (Å²) >= 11 is 0. The third-order valence-corrected chi connectivity index (χ3v) is 4.42. The van der Waals surface area contributed by atoms with Crippen molar-refractivity contribution in [3.05, 3.63) is 47.5 Å². The van der Waals surface area contributed by atoms with Gasteiger partial charge in [0.2, 0.25) is 5.91 Å². The van der Waals surface area contributed by atoms with Gasteiger partial charge < -0.3 is 15.4 Å². The van der Waals surface area contributed by atoms with Crippen molar-refractivity contribution in [2.45, 2.75) is 45.1 Å². The molecule has 0 spiro atoms. The molecule has 0 unspecified atom stereocenters. The molecule has 1 amide bonds. The lowest BCUT2D eigenvalue weighted by atomic mass is 9.77. The van der Waals surface area contributed by atoms with E-state index < -0.39 is 22.7 Å². The Bertz CT molecular complexity index is 720. The van der Waals surface area contributed by atoms with E-state index in [0.29, 0.717) is 17.7 Å². The van der Waals surface area contributed by atoms with E-state index in [1.54, 1.807) is 51.0 Å². The van der Waals surface area contributed by atoms with Crippen molar-refractivity contribution in [1.82, 2.24) is 14.8 Å². The minimum atomic E-state index is -1.09. The summed E-state index contributed by atoms with van der Waals surface area (Å²) in [5.74, 6) is -1.41. The van der Waals surface area contributed by atoms with E-state index in [4.69, 9.17) is 5.73 Å². The normalized spacial score (nSPS) is 12.2. The van der Waals surface area contributed by atoms with Crippen LogP contribution in [0, 0.1) is 0 Å². The molecule has 2 aromatic rings. The number of aromatic nitrogens is 3. The maximum absolute atomic E-state index is 11.8. The van der Waals surface area contributed by atoms with Crippen molar-refractivity contribution in [3.8, 4) is 0 Å². The number of hydrogen-bond donors (Lipinski definition) is 2. The first kappa shape index (κ1) is 17.7. The molecular weight excluding hydrogens is 308 g/mol. The summed E-state index contributed by atoms with van der Waals surface area (Å²) < 4.78 is 1.77.